The number of nitrogens with one attached hydrogen (secondary N) is 1. The first-order chi connectivity index (χ1) is 8.91. The zero-order valence-corrected chi connectivity index (χ0v) is 12.5. The van der Waals surface area contributed by atoms with Crippen molar-refractivity contribution in [1.82, 2.24) is 5.09 Å². The van der Waals surface area contributed by atoms with Crippen LogP contribution in [0.2, 0.25) is 0 Å². The minimum Gasteiger partial charge on any atom is -0.464 e. The number of esters is 1. The third-order valence-electron chi connectivity index (χ3n) is 2.08. The lowest BCUT2D eigenvalue weighted by Crippen LogP contribution is -2.21. The fourth-order valence-corrected chi connectivity index (χ4v) is 2.46. The lowest BCUT2D eigenvalue weighted by Gasteiger charge is -2.14. The highest BCUT2D eigenvalue weighted by Gasteiger charge is 2.20. The van der Waals surface area contributed by atoms with Gasteiger partial charge in [0.05, 0.1) is 5.92 Å². The average molecular weight is 306 g/mol. The standard InChI is InChI=1S/C12H17ClNO4P/c1-10(2)12(15)17-9-8-14-19(13,16)18-11-6-4-3-5-7-11/h3-7,10H,8-9H2,1-2H3,(H,14,16). The van der Waals surface area contributed by atoms with Gasteiger partial charge in [0.25, 0.3) is 0 Å². The van der Waals surface area contributed by atoms with E-state index < -0.39 is 6.87 Å². The fourth-order valence-electron chi connectivity index (χ4n) is 1.15. The molecule has 0 aliphatic carbocycles. The van der Waals surface area contributed by atoms with Gasteiger partial charge in [0.1, 0.15) is 12.4 Å². The molecule has 0 aromatic heterocycles. The van der Waals surface area contributed by atoms with Gasteiger partial charge in [-0.05, 0) is 12.1 Å². The summed E-state index contributed by atoms with van der Waals surface area (Å²) in [7, 11) is 0. The van der Waals surface area contributed by atoms with Crippen molar-refractivity contribution in [3.05, 3.63) is 30.3 Å². The van der Waals surface area contributed by atoms with Crippen molar-refractivity contribution in [2.45, 2.75) is 13.8 Å². The predicted octanol–water partition coefficient (Wildman–Crippen LogP) is 3.20. The molecule has 0 saturated carbocycles. The highest BCUT2D eigenvalue weighted by Crippen LogP contribution is 2.47. The number of ether oxygens (including phenoxy) is 1. The monoisotopic (exact) mass is 305 g/mol. The molecule has 5 nitrogen and oxygen atoms in total. The molecule has 0 amide bonds. The predicted molar refractivity (Wildman–Crippen MR) is 74.3 cm³/mol. The molecule has 1 N–H and O–H groups in total. The van der Waals surface area contributed by atoms with Gasteiger partial charge in [-0.1, -0.05) is 32.0 Å². The van der Waals surface area contributed by atoms with Gasteiger partial charge in [0.15, 0.2) is 0 Å². The van der Waals surface area contributed by atoms with Gasteiger partial charge in [-0.25, -0.2) is 9.65 Å². The molecule has 106 valence electrons. The van der Waals surface area contributed by atoms with Gasteiger partial charge in [-0.15, -0.1) is 0 Å². The Morgan fingerprint density at radius 2 is 2.00 bits per heavy atom. The summed E-state index contributed by atoms with van der Waals surface area (Å²) in [4.78, 5) is 11.2. The molecule has 1 aromatic carbocycles. The number of hydrogen-bond donors (Lipinski definition) is 1. The number of para-hydroxylation sites is 1. The second-order valence-electron chi connectivity index (χ2n) is 4.11. The van der Waals surface area contributed by atoms with Crippen LogP contribution < -0.4 is 9.61 Å². The van der Waals surface area contributed by atoms with E-state index in [1.807, 2.05) is 6.07 Å². The number of halogens is 1. The van der Waals surface area contributed by atoms with Crippen LogP contribution >= 0.6 is 18.1 Å². The number of carbonyl (C=O) groups excluding carboxylic acids is 1. The van der Waals surface area contributed by atoms with Crippen molar-refractivity contribution < 1.29 is 18.6 Å². The lowest BCUT2D eigenvalue weighted by atomic mass is 10.2. The Labute approximate surface area is 117 Å². The molecule has 0 spiro atoms. The zero-order valence-electron chi connectivity index (χ0n) is 10.8. The third kappa shape index (κ3) is 6.62. The molecule has 7 heteroatoms. The van der Waals surface area contributed by atoms with Crippen molar-refractivity contribution in [3.8, 4) is 5.75 Å². The SMILES string of the molecule is CC(C)C(=O)OCCNP(=O)(Cl)Oc1ccccc1. The molecule has 0 aliphatic heterocycles. The van der Waals surface area contributed by atoms with Crippen LogP contribution in [0.25, 0.3) is 0 Å². The highest BCUT2D eigenvalue weighted by atomic mass is 35.7. The minimum absolute atomic E-state index is 0.0892. The van der Waals surface area contributed by atoms with Crippen LogP contribution in [0.15, 0.2) is 30.3 Å². The van der Waals surface area contributed by atoms with Crippen molar-refractivity contribution in [2.75, 3.05) is 13.2 Å². The largest absolute Gasteiger partial charge is 0.464 e. The van der Waals surface area contributed by atoms with E-state index in [9.17, 15) is 9.36 Å². The van der Waals surface area contributed by atoms with Gasteiger partial charge in [-0.2, -0.15) is 0 Å². The Kier molecular flexibility index (Phi) is 6.35. The first kappa shape index (κ1) is 16.0. The molecule has 0 radical (unpaired) electrons. The van der Waals surface area contributed by atoms with Crippen LogP contribution in [0.5, 0.6) is 5.75 Å². The molecule has 19 heavy (non-hydrogen) atoms. The van der Waals surface area contributed by atoms with Gasteiger partial charge < -0.3 is 9.26 Å². The van der Waals surface area contributed by atoms with Gasteiger partial charge in [0.2, 0.25) is 0 Å². The van der Waals surface area contributed by atoms with Crippen molar-refractivity contribution in [3.63, 3.8) is 0 Å². The summed E-state index contributed by atoms with van der Waals surface area (Å²) < 4.78 is 21.9. The van der Waals surface area contributed by atoms with E-state index in [1.54, 1.807) is 38.1 Å². The summed E-state index contributed by atoms with van der Waals surface area (Å²) >= 11 is 5.73. The normalized spacial score (nSPS) is 13.9. The Morgan fingerprint density at radius 3 is 2.58 bits per heavy atom. The Hall–Kier alpha value is -1.03. The second-order valence-corrected chi connectivity index (χ2v) is 6.91. The third-order valence-corrected chi connectivity index (χ3v) is 3.70. The van der Waals surface area contributed by atoms with E-state index >= 15 is 0 Å². The first-order valence-corrected chi connectivity index (χ1v) is 8.40. The lowest BCUT2D eigenvalue weighted by molar-refractivity contribution is -0.147. The molecular weight excluding hydrogens is 289 g/mol. The summed E-state index contributed by atoms with van der Waals surface area (Å²) in [6.07, 6.45) is 0. The van der Waals surface area contributed by atoms with E-state index in [-0.39, 0.29) is 25.0 Å². The number of rotatable bonds is 7. The maximum atomic E-state index is 11.9. The van der Waals surface area contributed by atoms with Gasteiger partial charge in [-0.3, -0.25) is 4.79 Å². The topological polar surface area (TPSA) is 64.6 Å². The first-order valence-electron chi connectivity index (χ1n) is 5.87. The highest BCUT2D eigenvalue weighted by molar-refractivity contribution is 7.84. The summed E-state index contributed by atoms with van der Waals surface area (Å²) in [5.74, 6) is -0.0916. The molecule has 1 atom stereocenters. The van der Waals surface area contributed by atoms with Crippen molar-refractivity contribution in [1.29, 1.82) is 0 Å². The number of benzene rings is 1. The molecule has 0 saturated heterocycles. The molecule has 0 heterocycles. The molecule has 0 aliphatic rings. The van der Waals surface area contributed by atoms with Gasteiger partial charge in [0, 0.05) is 17.8 Å². The van der Waals surface area contributed by atoms with E-state index in [4.69, 9.17) is 20.5 Å². The molecule has 1 rings (SSSR count). The maximum absolute atomic E-state index is 11.9. The number of carbonyl (C=O) groups is 1. The fraction of sp³-hybridized carbons (Fsp3) is 0.417. The van der Waals surface area contributed by atoms with E-state index in [1.165, 1.54) is 0 Å². The van der Waals surface area contributed by atoms with Crippen molar-refractivity contribution in [2.24, 2.45) is 5.92 Å². The molecular formula is C12H17ClNO4P. The molecule has 0 fully saturated rings. The summed E-state index contributed by atoms with van der Waals surface area (Å²) in [5.41, 5.74) is 0. The Morgan fingerprint density at radius 1 is 1.37 bits per heavy atom. The van der Waals surface area contributed by atoms with E-state index in [0.29, 0.717) is 5.75 Å². The smallest absolute Gasteiger partial charge is 0.409 e. The zero-order chi connectivity index (χ0) is 14.3. The minimum atomic E-state index is -3.47. The van der Waals surface area contributed by atoms with Crippen molar-refractivity contribution >= 4 is 24.1 Å². The second kappa shape index (κ2) is 7.53. The molecule has 1 aromatic rings. The van der Waals surface area contributed by atoms with Crippen LogP contribution in [0, 0.1) is 5.92 Å². The maximum Gasteiger partial charge on any atom is 0.409 e. The Bertz CT molecular complexity index is 452. The van der Waals surface area contributed by atoms with Gasteiger partial charge >= 0.3 is 12.8 Å². The molecule has 1 unspecified atom stereocenters. The van der Waals surface area contributed by atoms with E-state index in [2.05, 4.69) is 5.09 Å². The summed E-state index contributed by atoms with van der Waals surface area (Å²) in [6, 6.07) is 8.60. The van der Waals surface area contributed by atoms with Crippen LogP contribution in [-0.2, 0) is 14.1 Å². The Balaban J connectivity index is 2.32. The van der Waals surface area contributed by atoms with Crippen LogP contribution in [-0.4, -0.2) is 19.1 Å². The van der Waals surface area contributed by atoms with E-state index in [0.717, 1.165) is 0 Å². The van der Waals surface area contributed by atoms with Crippen LogP contribution in [0.3, 0.4) is 0 Å². The summed E-state index contributed by atoms with van der Waals surface area (Å²) in [6.45, 7) is 0.254. The van der Waals surface area contributed by atoms with Crippen LogP contribution in [0.1, 0.15) is 13.8 Å². The quantitative estimate of drug-likeness (QED) is 0.476. The molecule has 0 bridgehead atoms. The summed E-state index contributed by atoms with van der Waals surface area (Å²) in [5, 5.41) is 2.52. The number of hydrogen-bond acceptors (Lipinski definition) is 4. The van der Waals surface area contributed by atoms with Crippen LogP contribution in [0.4, 0.5) is 0 Å². The average Bonchev–Trinajstić information content (AvgIpc) is 2.35.